The normalized spacial score (nSPS) is 20.1. The quantitative estimate of drug-likeness (QED) is 0.377. The number of piperidine rings is 1. The van der Waals surface area contributed by atoms with E-state index in [1.807, 2.05) is 44.2 Å². The highest BCUT2D eigenvalue weighted by Gasteiger charge is 2.45. The molecule has 2 aliphatic rings. The van der Waals surface area contributed by atoms with Crippen LogP contribution in [0, 0.1) is 0 Å². The van der Waals surface area contributed by atoms with E-state index in [0.29, 0.717) is 66.0 Å². The van der Waals surface area contributed by atoms with Gasteiger partial charge >= 0.3 is 6.18 Å². The molecule has 0 radical (unpaired) electrons. The third kappa shape index (κ3) is 6.30. The summed E-state index contributed by atoms with van der Waals surface area (Å²) in [5.74, 6) is 0.426. The van der Waals surface area contributed by atoms with Crippen molar-refractivity contribution in [2.75, 3.05) is 18.8 Å². The standard InChI is InChI=1S/C27H30F3N3O3S3/c1-3-39(35)20-6-4-18(5-7-20)14-32-25(34)21-13-19-12-17(2)36-26(24(19)37-21)8-10-33(11-9-26)16-23-31-15-22(38-23)27(28,29)30/h4-7,13,15,17H,3,8-12,14,16H2,1-2H3,(H,32,34)/t17-,39?/m0/s1. The van der Waals surface area contributed by atoms with Crippen molar-refractivity contribution in [3.05, 3.63) is 67.3 Å². The summed E-state index contributed by atoms with van der Waals surface area (Å²) in [4.78, 5) is 21.0. The first kappa shape index (κ1) is 28.4. The molecule has 1 spiro atoms. The highest BCUT2D eigenvalue weighted by Crippen LogP contribution is 2.47. The Morgan fingerprint density at radius 3 is 2.59 bits per heavy atom. The van der Waals surface area contributed by atoms with Crippen LogP contribution in [0.5, 0.6) is 0 Å². The molecule has 3 aromatic rings. The van der Waals surface area contributed by atoms with Gasteiger partial charge in [-0.3, -0.25) is 13.9 Å². The number of amides is 1. The Morgan fingerprint density at radius 2 is 1.95 bits per heavy atom. The molecular formula is C27H30F3N3O3S3. The van der Waals surface area contributed by atoms with E-state index in [9.17, 15) is 22.2 Å². The lowest BCUT2D eigenvalue weighted by Crippen LogP contribution is -2.47. The molecule has 0 aliphatic carbocycles. The van der Waals surface area contributed by atoms with Crippen LogP contribution in [0.25, 0.3) is 0 Å². The van der Waals surface area contributed by atoms with Gasteiger partial charge in [-0.25, -0.2) is 4.98 Å². The van der Waals surface area contributed by atoms with Crippen molar-refractivity contribution in [2.45, 2.75) is 69.0 Å². The SMILES string of the molecule is CCS(=O)c1ccc(CNC(=O)c2cc3c(s2)C2(CCN(Cc4ncc(C(F)(F)F)s4)CC2)O[C@@H](C)C3)cc1. The lowest BCUT2D eigenvalue weighted by atomic mass is 9.84. The van der Waals surface area contributed by atoms with E-state index in [-0.39, 0.29) is 12.0 Å². The van der Waals surface area contributed by atoms with E-state index in [0.717, 1.165) is 33.5 Å². The highest BCUT2D eigenvalue weighted by molar-refractivity contribution is 7.85. The van der Waals surface area contributed by atoms with Crippen LogP contribution in [0.3, 0.4) is 0 Å². The summed E-state index contributed by atoms with van der Waals surface area (Å²) in [5, 5.41) is 3.46. The fraction of sp³-hybridized carbons (Fsp3) is 0.481. The summed E-state index contributed by atoms with van der Waals surface area (Å²) in [6.45, 7) is 6.02. The minimum atomic E-state index is -4.37. The van der Waals surface area contributed by atoms with Gasteiger partial charge in [0.1, 0.15) is 15.5 Å². The number of carbonyl (C=O) groups excluding carboxylic acids is 1. The van der Waals surface area contributed by atoms with Gasteiger partial charge in [0.25, 0.3) is 5.91 Å². The first-order chi connectivity index (χ1) is 18.6. The molecule has 2 atom stereocenters. The van der Waals surface area contributed by atoms with Crippen LogP contribution in [-0.2, 0) is 46.8 Å². The predicted molar refractivity (Wildman–Crippen MR) is 146 cm³/mol. The predicted octanol–water partition coefficient (Wildman–Crippen LogP) is 5.73. The topological polar surface area (TPSA) is 71.5 Å². The number of fused-ring (bicyclic) bond motifs is 2. The van der Waals surface area contributed by atoms with Crippen LogP contribution in [0.1, 0.15) is 62.2 Å². The molecule has 1 aromatic carbocycles. The second-order valence-electron chi connectivity index (χ2n) is 9.94. The molecule has 2 aromatic heterocycles. The summed E-state index contributed by atoms with van der Waals surface area (Å²) in [7, 11) is -1.01. The summed E-state index contributed by atoms with van der Waals surface area (Å²) < 4.78 is 57.3. The third-order valence-corrected chi connectivity index (χ3v) is 10.8. The average Bonchev–Trinajstić information content (AvgIpc) is 3.56. The minimum absolute atomic E-state index is 0.00931. The number of carbonyl (C=O) groups is 1. The maximum absolute atomic E-state index is 13.1. The zero-order chi connectivity index (χ0) is 27.8. The van der Waals surface area contributed by atoms with Crippen LogP contribution in [-0.4, -0.2) is 44.9 Å². The first-order valence-corrected chi connectivity index (χ1v) is 15.8. The van der Waals surface area contributed by atoms with E-state index >= 15 is 0 Å². The maximum Gasteiger partial charge on any atom is 0.427 e. The molecule has 1 fully saturated rings. The molecule has 1 amide bonds. The highest BCUT2D eigenvalue weighted by atomic mass is 32.2. The largest absolute Gasteiger partial charge is 0.427 e. The molecule has 39 heavy (non-hydrogen) atoms. The molecule has 2 aliphatic heterocycles. The third-order valence-electron chi connectivity index (χ3n) is 7.14. The van der Waals surface area contributed by atoms with Gasteiger partial charge in [-0.15, -0.1) is 22.7 Å². The van der Waals surface area contributed by atoms with Gasteiger partial charge in [-0.05, 0) is 55.5 Å². The van der Waals surface area contributed by atoms with Gasteiger partial charge in [-0.2, -0.15) is 13.2 Å². The van der Waals surface area contributed by atoms with Crippen molar-refractivity contribution in [3.63, 3.8) is 0 Å². The lowest BCUT2D eigenvalue weighted by molar-refractivity contribution is -0.134. The van der Waals surface area contributed by atoms with Crippen LogP contribution < -0.4 is 5.32 Å². The number of thiazole rings is 1. The van der Waals surface area contributed by atoms with Crippen LogP contribution >= 0.6 is 22.7 Å². The number of aromatic nitrogens is 1. The number of hydrogen-bond acceptors (Lipinski definition) is 7. The number of nitrogens with zero attached hydrogens (tertiary/aromatic N) is 2. The van der Waals surface area contributed by atoms with Gasteiger partial charge in [0.15, 0.2) is 0 Å². The number of nitrogens with one attached hydrogen (secondary N) is 1. The molecule has 12 heteroatoms. The molecule has 210 valence electrons. The summed E-state index contributed by atoms with van der Waals surface area (Å²) in [6.07, 6.45) is -1.31. The fourth-order valence-corrected chi connectivity index (χ4v) is 8.08. The smallest absolute Gasteiger partial charge is 0.366 e. The van der Waals surface area contributed by atoms with Gasteiger partial charge in [-0.1, -0.05) is 19.1 Å². The zero-order valence-electron chi connectivity index (χ0n) is 21.7. The Labute approximate surface area is 236 Å². The fourth-order valence-electron chi connectivity index (χ4n) is 5.19. The number of hydrogen-bond donors (Lipinski definition) is 1. The Balaban J connectivity index is 1.23. The Morgan fingerprint density at radius 1 is 1.23 bits per heavy atom. The van der Waals surface area contributed by atoms with Crippen LogP contribution in [0.2, 0.25) is 0 Å². The van der Waals surface area contributed by atoms with Crippen molar-refractivity contribution in [1.29, 1.82) is 0 Å². The van der Waals surface area contributed by atoms with Gasteiger partial charge in [0, 0.05) is 35.2 Å². The van der Waals surface area contributed by atoms with Crippen molar-refractivity contribution in [3.8, 4) is 0 Å². The summed E-state index contributed by atoms with van der Waals surface area (Å²) in [5.41, 5.74) is 1.58. The Bertz CT molecular complexity index is 1350. The van der Waals surface area contributed by atoms with Crippen molar-refractivity contribution < 1.29 is 26.9 Å². The summed E-state index contributed by atoms with van der Waals surface area (Å²) >= 11 is 2.17. The molecule has 1 N–H and O–H groups in total. The number of likely N-dealkylation sites (tertiary alicyclic amines) is 1. The van der Waals surface area contributed by atoms with Gasteiger partial charge in [0.2, 0.25) is 0 Å². The number of thiophene rings is 1. The second-order valence-corrected chi connectivity index (χ2v) is 13.9. The Hall–Kier alpha value is -2.12. The molecule has 5 rings (SSSR count). The molecule has 6 nitrogen and oxygen atoms in total. The zero-order valence-corrected chi connectivity index (χ0v) is 24.1. The molecule has 1 unspecified atom stereocenters. The van der Waals surface area contributed by atoms with E-state index in [2.05, 4.69) is 15.2 Å². The average molecular weight is 598 g/mol. The molecule has 0 bridgehead atoms. The monoisotopic (exact) mass is 597 g/mol. The van der Waals surface area contributed by atoms with E-state index < -0.39 is 27.5 Å². The minimum Gasteiger partial charge on any atom is -0.366 e. The maximum atomic E-state index is 13.1. The number of rotatable bonds is 7. The van der Waals surface area contributed by atoms with Gasteiger partial charge < -0.3 is 10.1 Å². The molecular weight excluding hydrogens is 568 g/mol. The van der Waals surface area contributed by atoms with Crippen molar-refractivity contribution in [2.24, 2.45) is 0 Å². The number of ether oxygens (including phenoxy) is 1. The number of benzene rings is 1. The first-order valence-electron chi connectivity index (χ1n) is 12.9. The van der Waals surface area contributed by atoms with Gasteiger partial charge in [0.05, 0.1) is 34.5 Å². The van der Waals surface area contributed by atoms with Crippen LogP contribution in [0.4, 0.5) is 13.2 Å². The summed E-state index contributed by atoms with van der Waals surface area (Å²) in [6, 6.07) is 9.42. The number of alkyl halides is 3. The van der Waals surface area contributed by atoms with Crippen molar-refractivity contribution in [1.82, 2.24) is 15.2 Å². The van der Waals surface area contributed by atoms with Crippen LogP contribution in [0.15, 0.2) is 41.4 Å². The molecule has 4 heterocycles. The number of halogens is 3. The lowest BCUT2D eigenvalue weighted by Gasteiger charge is -2.45. The van der Waals surface area contributed by atoms with Crippen molar-refractivity contribution >= 4 is 39.4 Å². The van der Waals surface area contributed by atoms with E-state index in [1.54, 1.807) is 0 Å². The molecule has 0 saturated carbocycles. The Kier molecular flexibility index (Phi) is 8.30. The second kappa shape index (κ2) is 11.4. The van der Waals surface area contributed by atoms with E-state index in [1.165, 1.54) is 11.3 Å². The molecule has 1 saturated heterocycles. The van der Waals surface area contributed by atoms with E-state index in [4.69, 9.17) is 4.74 Å².